The van der Waals surface area contributed by atoms with Crippen LogP contribution in [0.1, 0.15) is 28.8 Å². The lowest BCUT2D eigenvalue weighted by molar-refractivity contribution is -0.232. The number of aryl methyl sites for hydroxylation is 1. The van der Waals surface area contributed by atoms with Gasteiger partial charge in [-0.1, -0.05) is 42.5 Å². The topological polar surface area (TPSA) is 194 Å². The molecule has 2 aromatic rings. The molecule has 2 aromatic carbocycles. The zero-order chi connectivity index (χ0) is 28.4. The molecule has 3 amide bonds. The first kappa shape index (κ1) is 25.8. The number of nitrogens with zero attached hydrogens (tertiary/aromatic N) is 2. The van der Waals surface area contributed by atoms with Crippen molar-refractivity contribution in [2.24, 2.45) is 0 Å². The summed E-state index contributed by atoms with van der Waals surface area (Å²) in [5, 5.41) is 51.7. The minimum Gasteiger partial charge on any atom is -0.361 e. The number of hydrogen-bond acceptors (Lipinski definition) is 7. The number of carbonyl (C=O) groups excluding carboxylic acids is 3. The van der Waals surface area contributed by atoms with Gasteiger partial charge in [0.25, 0.3) is 5.91 Å². The maximum absolute atomic E-state index is 13.6. The van der Waals surface area contributed by atoms with Crippen LogP contribution in [0.25, 0.3) is 11.1 Å². The lowest BCUT2D eigenvalue weighted by Gasteiger charge is -2.51. The van der Waals surface area contributed by atoms with Gasteiger partial charge >= 0.3 is 0 Å². The Balaban J connectivity index is 1.32. The summed E-state index contributed by atoms with van der Waals surface area (Å²) in [6.45, 7) is 1.65. The molecule has 4 aliphatic rings. The van der Waals surface area contributed by atoms with Crippen molar-refractivity contribution in [2.75, 3.05) is 13.1 Å². The van der Waals surface area contributed by atoms with Gasteiger partial charge in [-0.2, -0.15) is 0 Å². The number of aliphatic hydroxyl groups is 2. The Hall–Kier alpha value is -4.49. The van der Waals surface area contributed by atoms with Gasteiger partial charge in [0.1, 0.15) is 6.04 Å². The average Bonchev–Trinajstić information content (AvgIpc) is 3.52. The predicted molar refractivity (Wildman–Crippen MR) is 143 cm³/mol. The van der Waals surface area contributed by atoms with Gasteiger partial charge in [0.05, 0.1) is 18.6 Å². The second-order valence-electron chi connectivity index (χ2n) is 10.6. The van der Waals surface area contributed by atoms with E-state index < -0.39 is 35.5 Å². The van der Waals surface area contributed by atoms with Gasteiger partial charge in [0.2, 0.25) is 17.6 Å². The highest BCUT2D eigenvalue weighted by molar-refractivity contribution is 6.02. The largest absolute Gasteiger partial charge is 0.361 e. The molecule has 3 unspecified atom stereocenters. The van der Waals surface area contributed by atoms with Crippen molar-refractivity contribution >= 4 is 29.6 Å². The van der Waals surface area contributed by atoms with E-state index in [4.69, 9.17) is 10.8 Å². The van der Waals surface area contributed by atoms with Crippen molar-refractivity contribution in [3.63, 3.8) is 0 Å². The second-order valence-corrected chi connectivity index (χ2v) is 10.6. The van der Waals surface area contributed by atoms with Crippen molar-refractivity contribution in [3.8, 4) is 11.1 Å². The first-order chi connectivity index (χ1) is 19.0. The molecule has 0 bridgehead atoms. The summed E-state index contributed by atoms with van der Waals surface area (Å²) in [5.41, 5.74) is 1.03. The van der Waals surface area contributed by atoms with E-state index in [1.54, 1.807) is 12.1 Å². The molecule has 4 atom stereocenters. The van der Waals surface area contributed by atoms with Gasteiger partial charge in [0, 0.05) is 24.9 Å². The molecule has 8 N–H and O–H groups in total. The summed E-state index contributed by atoms with van der Waals surface area (Å²) >= 11 is 0. The fourth-order valence-electron chi connectivity index (χ4n) is 6.38. The lowest BCUT2D eigenvalue weighted by atomic mass is 9.84. The molecule has 0 aromatic heterocycles. The zero-order valence-electron chi connectivity index (χ0n) is 21.7. The van der Waals surface area contributed by atoms with E-state index in [1.165, 1.54) is 4.90 Å². The average molecular weight is 547 g/mol. The Morgan fingerprint density at radius 2 is 1.68 bits per heavy atom. The first-order valence-electron chi connectivity index (χ1n) is 13.0. The van der Waals surface area contributed by atoms with Crippen molar-refractivity contribution in [1.82, 2.24) is 31.1 Å². The summed E-state index contributed by atoms with van der Waals surface area (Å²) in [4.78, 5) is 40.7. The van der Waals surface area contributed by atoms with Gasteiger partial charge in [-0.05, 0) is 29.7 Å². The highest BCUT2D eigenvalue weighted by Crippen LogP contribution is 2.43. The third-order valence-corrected chi connectivity index (χ3v) is 8.34. The summed E-state index contributed by atoms with van der Waals surface area (Å²) in [6, 6.07) is 11.6. The summed E-state index contributed by atoms with van der Waals surface area (Å²) < 4.78 is 0. The SMILES string of the molecule is Cc1ccccc1-c1ccccc1C(=O)NC1CN2C(=N)N[C@@H](CN3C(=O)CCC3=O)C3NC(=N)NC32C1(O)O. The number of likely N-dealkylation sites (tertiary alicyclic amines) is 1. The molecule has 4 fully saturated rings. The van der Waals surface area contributed by atoms with Crippen LogP contribution in [0, 0.1) is 17.7 Å². The van der Waals surface area contributed by atoms with Gasteiger partial charge in [0.15, 0.2) is 17.6 Å². The Kier molecular flexibility index (Phi) is 5.82. The molecule has 4 saturated heterocycles. The van der Waals surface area contributed by atoms with Crippen molar-refractivity contribution in [3.05, 3.63) is 59.7 Å². The van der Waals surface area contributed by atoms with E-state index in [9.17, 15) is 24.6 Å². The third kappa shape index (κ3) is 3.65. The summed E-state index contributed by atoms with van der Waals surface area (Å²) in [7, 11) is 0. The molecule has 0 aliphatic carbocycles. The van der Waals surface area contributed by atoms with E-state index >= 15 is 0 Å². The molecule has 208 valence electrons. The van der Waals surface area contributed by atoms with Gasteiger partial charge in [-0.3, -0.25) is 30.1 Å². The van der Waals surface area contributed by atoms with E-state index in [-0.39, 0.29) is 49.7 Å². The van der Waals surface area contributed by atoms with E-state index in [1.807, 2.05) is 43.3 Å². The predicted octanol–water partition coefficient (Wildman–Crippen LogP) is -0.995. The number of imide groups is 1. The van der Waals surface area contributed by atoms with Crippen LogP contribution >= 0.6 is 0 Å². The second kappa shape index (κ2) is 9.03. The highest BCUT2D eigenvalue weighted by Gasteiger charge is 2.74. The van der Waals surface area contributed by atoms with Gasteiger partial charge < -0.3 is 36.4 Å². The Bertz CT molecular complexity index is 1440. The quantitative estimate of drug-likeness (QED) is 0.172. The zero-order valence-corrected chi connectivity index (χ0v) is 21.7. The van der Waals surface area contributed by atoms with Crippen LogP contribution in [-0.2, 0) is 9.59 Å². The van der Waals surface area contributed by atoms with Crippen LogP contribution in [0.2, 0.25) is 0 Å². The van der Waals surface area contributed by atoms with Crippen LogP contribution in [0.4, 0.5) is 0 Å². The van der Waals surface area contributed by atoms with Crippen LogP contribution in [-0.4, -0.2) is 92.3 Å². The molecule has 13 nitrogen and oxygen atoms in total. The molecule has 40 heavy (non-hydrogen) atoms. The van der Waals surface area contributed by atoms with Crippen LogP contribution in [0.15, 0.2) is 48.5 Å². The fourth-order valence-corrected chi connectivity index (χ4v) is 6.38. The van der Waals surface area contributed by atoms with E-state index in [0.717, 1.165) is 16.0 Å². The molecule has 1 spiro atoms. The Labute approximate surface area is 229 Å². The van der Waals surface area contributed by atoms with Crippen molar-refractivity contribution in [1.29, 1.82) is 10.8 Å². The number of rotatable bonds is 5. The Morgan fingerprint density at radius 3 is 2.38 bits per heavy atom. The van der Waals surface area contributed by atoms with Crippen molar-refractivity contribution in [2.45, 2.75) is 49.3 Å². The van der Waals surface area contributed by atoms with E-state index in [0.29, 0.717) is 11.1 Å². The molecule has 13 heteroatoms. The van der Waals surface area contributed by atoms with Crippen LogP contribution in [0.5, 0.6) is 0 Å². The third-order valence-electron chi connectivity index (χ3n) is 8.34. The van der Waals surface area contributed by atoms with Gasteiger partial charge in [-0.15, -0.1) is 0 Å². The summed E-state index contributed by atoms with van der Waals surface area (Å²) in [6.07, 6.45) is 0.183. The fraction of sp³-hybridized carbons (Fsp3) is 0.370. The molecule has 4 heterocycles. The molecule has 0 saturated carbocycles. The van der Waals surface area contributed by atoms with Crippen LogP contribution < -0.4 is 21.3 Å². The number of carbonyl (C=O) groups is 3. The minimum absolute atomic E-state index is 0.0917. The number of hydrogen-bond donors (Lipinski definition) is 8. The number of amides is 3. The summed E-state index contributed by atoms with van der Waals surface area (Å²) in [5.74, 6) is -4.33. The first-order valence-corrected chi connectivity index (χ1v) is 13.0. The maximum Gasteiger partial charge on any atom is 0.252 e. The number of nitrogens with one attached hydrogen (secondary N) is 6. The number of benzene rings is 2. The normalized spacial score (nSPS) is 28.5. The highest BCUT2D eigenvalue weighted by atomic mass is 16.5. The monoisotopic (exact) mass is 546 g/mol. The molecule has 6 rings (SSSR count). The minimum atomic E-state index is -2.67. The lowest BCUT2D eigenvalue weighted by Crippen LogP contribution is -2.81. The van der Waals surface area contributed by atoms with Crippen molar-refractivity contribution < 1.29 is 24.6 Å². The maximum atomic E-state index is 13.6. The molecule has 0 radical (unpaired) electrons. The standard InChI is InChI=1S/C27H30N8O5/c1-14-6-2-3-7-15(14)16-8-4-5-9-17(16)23(38)31-19-13-35-25(29)30-18(12-34-20(36)10-11-21(34)37)22-26(35,27(19,39)40)33-24(28)32-22/h2-9,18-19,22,39-40H,10-13H2,1H3,(H2,29,30)(H,31,38)(H3,28,32,33)/t18-,19?,22?,26?/m0/s1. The van der Waals surface area contributed by atoms with E-state index in [2.05, 4.69) is 21.3 Å². The molecule has 4 aliphatic heterocycles. The van der Waals surface area contributed by atoms with Gasteiger partial charge in [-0.25, -0.2) is 0 Å². The smallest absolute Gasteiger partial charge is 0.252 e. The molecular weight excluding hydrogens is 516 g/mol. The Morgan fingerprint density at radius 1 is 1.02 bits per heavy atom. The molecular formula is C27H30N8O5. The van der Waals surface area contributed by atoms with Crippen LogP contribution in [0.3, 0.4) is 0 Å². The number of guanidine groups is 2.